The molecule has 0 unspecified atom stereocenters. The summed E-state index contributed by atoms with van der Waals surface area (Å²) < 4.78 is 0. The lowest BCUT2D eigenvalue weighted by Crippen LogP contribution is -1.98. The van der Waals surface area contributed by atoms with E-state index in [-0.39, 0.29) is 0 Å². The van der Waals surface area contributed by atoms with Crippen LogP contribution in [0.15, 0.2) is 30.7 Å². The van der Waals surface area contributed by atoms with Crippen molar-refractivity contribution < 1.29 is 0 Å². The van der Waals surface area contributed by atoms with Gasteiger partial charge in [0.25, 0.3) is 0 Å². The van der Waals surface area contributed by atoms with E-state index in [0.717, 1.165) is 22.3 Å². The second-order valence-electron chi connectivity index (χ2n) is 6.00. The van der Waals surface area contributed by atoms with Gasteiger partial charge in [0.1, 0.15) is 0 Å². The van der Waals surface area contributed by atoms with Gasteiger partial charge >= 0.3 is 0 Å². The predicted octanol–water partition coefficient (Wildman–Crippen LogP) is 4.27. The smallest absolute Gasteiger partial charge is 0.156 e. The molecule has 108 valence electrons. The average molecular weight is 280 g/mol. The van der Waals surface area contributed by atoms with Crippen molar-refractivity contribution in [2.75, 3.05) is 0 Å². The van der Waals surface area contributed by atoms with E-state index in [1.165, 1.54) is 11.1 Å². The highest BCUT2D eigenvalue weighted by Gasteiger charge is 2.15. The van der Waals surface area contributed by atoms with Gasteiger partial charge in [0, 0.05) is 23.3 Å². The Balaban J connectivity index is 2.26. The van der Waals surface area contributed by atoms with Crippen LogP contribution in [-0.2, 0) is 0 Å². The fourth-order valence-corrected chi connectivity index (χ4v) is 2.69. The summed E-state index contributed by atoms with van der Waals surface area (Å²) in [6.45, 7) is 8.77. The Hall–Kier alpha value is -2.23. The molecule has 0 radical (unpaired) electrons. The minimum absolute atomic E-state index is 0.422. The monoisotopic (exact) mass is 280 g/mol. The number of aromatic nitrogens is 4. The molecule has 0 aliphatic carbocycles. The van der Waals surface area contributed by atoms with Gasteiger partial charge in [0.15, 0.2) is 5.65 Å². The number of fused-ring (bicyclic) bond motifs is 1. The molecular weight excluding hydrogens is 260 g/mol. The zero-order chi connectivity index (χ0) is 15.0. The van der Waals surface area contributed by atoms with Gasteiger partial charge in [-0.05, 0) is 35.1 Å². The SMILES string of the molecule is CC(C)c1ccncc1-c1cc(C(C)C)c2cn[nH]c2n1. The van der Waals surface area contributed by atoms with Crippen molar-refractivity contribution in [3.63, 3.8) is 0 Å². The predicted molar refractivity (Wildman–Crippen MR) is 85.3 cm³/mol. The summed E-state index contributed by atoms with van der Waals surface area (Å²) in [5, 5.41) is 8.23. The summed E-state index contributed by atoms with van der Waals surface area (Å²) in [5.41, 5.74) is 5.45. The lowest BCUT2D eigenvalue weighted by Gasteiger charge is -2.14. The summed E-state index contributed by atoms with van der Waals surface area (Å²) in [6, 6.07) is 4.25. The number of hydrogen-bond donors (Lipinski definition) is 1. The average Bonchev–Trinajstić information content (AvgIpc) is 2.94. The summed E-state index contributed by atoms with van der Waals surface area (Å²) in [6.07, 6.45) is 5.61. The molecule has 3 heterocycles. The highest BCUT2D eigenvalue weighted by atomic mass is 15.1. The van der Waals surface area contributed by atoms with Gasteiger partial charge in [-0.1, -0.05) is 27.7 Å². The molecule has 1 N–H and O–H groups in total. The van der Waals surface area contributed by atoms with Gasteiger partial charge < -0.3 is 0 Å². The molecule has 0 saturated heterocycles. The molecule has 0 aromatic carbocycles. The molecule has 21 heavy (non-hydrogen) atoms. The van der Waals surface area contributed by atoms with Crippen molar-refractivity contribution in [3.8, 4) is 11.3 Å². The lowest BCUT2D eigenvalue weighted by atomic mass is 9.94. The standard InChI is InChI=1S/C17H20N4/c1-10(2)12-5-6-18-8-14(12)16-7-13(11(3)4)15-9-19-21-17(15)20-16/h5-11H,1-4H3,(H,19,20,21). The molecule has 0 saturated carbocycles. The zero-order valence-corrected chi connectivity index (χ0v) is 12.9. The van der Waals surface area contributed by atoms with Gasteiger partial charge in [-0.3, -0.25) is 10.1 Å². The third-order valence-electron chi connectivity index (χ3n) is 3.83. The van der Waals surface area contributed by atoms with Gasteiger partial charge in [-0.15, -0.1) is 0 Å². The summed E-state index contributed by atoms with van der Waals surface area (Å²) in [5.74, 6) is 0.857. The number of aromatic amines is 1. The van der Waals surface area contributed by atoms with Gasteiger partial charge in [0.2, 0.25) is 0 Å². The van der Waals surface area contributed by atoms with E-state index in [0.29, 0.717) is 11.8 Å². The normalized spacial score (nSPS) is 11.7. The molecule has 3 aromatic rings. The number of hydrogen-bond acceptors (Lipinski definition) is 3. The quantitative estimate of drug-likeness (QED) is 0.779. The van der Waals surface area contributed by atoms with Gasteiger partial charge in [-0.25, -0.2) is 4.98 Å². The molecule has 3 aromatic heterocycles. The molecule has 0 spiro atoms. The van der Waals surface area contributed by atoms with Crippen LogP contribution in [0.4, 0.5) is 0 Å². The third-order valence-corrected chi connectivity index (χ3v) is 3.83. The van der Waals surface area contributed by atoms with Crippen molar-refractivity contribution in [2.45, 2.75) is 39.5 Å². The highest BCUT2D eigenvalue weighted by molar-refractivity contribution is 5.82. The number of nitrogens with zero attached hydrogens (tertiary/aromatic N) is 3. The van der Waals surface area contributed by atoms with Crippen molar-refractivity contribution in [2.24, 2.45) is 0 Å². The van der Waals surface area contributed by atoms with Crippen molar-refractivity contribution in [3.05, 3.63) is 41.9 Å². The Morgan fingerprint density at radius 2 is 1.76 bits per heavy atom. The number of H-pyrrole nitrogens is 1. The van der Waals surface area contributed by atoms with Crippen LogP contribution in [-0.4, -0.2) is 20.2 Å². The first-order chi connectivity index (χ1) is 10.1. The van der Waals surface area contributed by atoms with Crippen molar-refractivity contribution in [1.29, 1.82) is 0 Å². The van der Waals surface area contributed by atoms with Crippen LogP contribution in [0, 0.1) is 0 Å². The fourth-order valence-electron chi connectivity index (χ4n) is 2.69. The maximum Gasteiger partial charge on any atom is 0.156 e. The topological polar surface area (TPSA) is 54.5 Å². The van der Waals surface area contributed by atoms with E-state index in [1.807, 2.05) is 18.6 Å². The minimum atomic E-state index is 0.422. The van der Waals surface area contributed by atoms with Gasteiger partial charge in [0.05, 0.1) is 11.9 Å². The Morgan fingerprint density at radius 1 is 1.00 bits per heavy atom. The first-order valence-electron chi connectivity index (χ1n) is 7.36. The minimum Gasteiger partial charge on any atom is -0.264 e. The van der Waals surface area contributed by atoms with Crippen LogP contribution in [0.2, 0.25) is 0 Å². The molecule has 0 bridgehead atoms. The third kappa shape index (κ3) is 2.42. The van der Waals surface area contributed by atoms with E-state index in [9.17, 15) is 0 Å². The van der Waals surface area contributed by atoms with Crippen LogP contribution >= 0.6 is 0 Å². The first-order valence-corrected chi connectivity index (χ1v) is 7.36. The second-order valence-corrected chi connectivity index (χ2v) is 6.00. The summed E-state index contributed by atoms with van der Waals surface area (Å²) >= 11 is 0. The molecule has 0 aliphatic heterocycles. The van der Waals surface area contributed by atoms with Crippen molar-refractivity contribution >= 4 is 11.0 Å². The molecule has 3 rings (SSSR count). The maximum atomic E-state index is 4.73. The molecule has 4 heteroatoms. The van der Waals surface area contributed by atoms with Crippen LogP contribution < -0.4 is 0 Å². The van der Waals surface area contributed by atoms with Crippen LogP contribution in [0.5, 0.6) is 0 Å². The largest absolute Gasteiger partial charge is 0.264 e. The molecule has 4 nitrogen and oxygen atoms in total. The number of rotatable bonds is 3. The van der Waals surface area contributed by atoms with E-state index in [4.69, 9.17) is 4.98 Å². The number of nitrogens with one attached hydrogen (secondary N) is 1. The van der Waals surface area contributed by atoms with Gasteiger partial charge in [-0.2, -0.15) is 5.10 Å². The maximum absolute atomic E-state index is 4.73. The van der Waals surface area contributed by atoms with Crippen LogP contribution in [0.1, 0.15) is 50.7 Å². The zero-order valence-electron chi connectivity index (χ0n) is 12.9. The highest BCUT2D eigenvalue weighted by Crippen LogP contribution is 2.31. The van der Waals surface area contributed by atoms with Crippen LogP contribution in [0.3, 0.4) is 0 Å². The lowest BCUT2D eigenvalue weighted by molar-refractivity contribution is 0.861. The molecule has 0 fully saturated rings. The first kappa shape index (κ1) is 13.7. The molecule has 0 amide bonds. The Labute approximate surface area is 124 Å². The number of pyridine rings is 2. The Kier molecular flexibility index (Phi) is 3.45. The Bertz CT molecular complexity index is 771. The fraction of sp³-hybridized carbons (Fsp3) is 0.353. The molecule has 0 aliphatic rings. The second kappa shape index (κ2) is 5.28. The van der Waals surface area contributed by atoms with E-state index >= 15 is 0 Å². The van der Waals surface area contributed by atoms with E-state index in [1.54, 1.807) is 0 Å². The summed E-state index contributed by atoms with van der Waals surface area (Å²) in [4.78, 5) is 9.01. The molecule has 0 atom stereocenters. The Morgan fingerprint density at radius 3 is 2.48 bits per heavy atom. The van der Waals surface area contributed by atoms with E-state index < -0.39 is 0 Å². The van der Waals surface area contributed by atoms with Crippen LogP contribution in [0.25, 0.3) is 22.3 Å². The van der Waals surface area contributed by atoms with E-state index in [2.05, 4.69) is 55.0 Å². The van der Waals surface area contributed by atoms with Crippen molar-refractivity contribution in [1.82, 2.24) is 20.2 Å². The summed E-state index contributed by atoms with van der Waals surface area (Å²) in [7, 11) is 0. The molecular formula is C17H20N4.